The fraction of sp³-hybridized carbons (Fsp3) is 0. The number of rotatable bonds is 10. The van der Waals surface area contributed by atoms with Crippen LogP contribution in [0.3, 0.4) is 0 Å². The number of hydrogen-bond acceptors (Lipinski definition) is 1. The maximum Gasteiger partial charge on any atom is 0.148 e. The molecule has 308 valence electrons. The van der Waals surface area contributed by atoms with Crippen molar-refractivity contribution in [1.29, 1.82) is 0 Å². The molecule has 11 aromatic rings. The van der Waals surface area contributed by atoms with Gasteiger partial charge in [-0.15, -0.1) is 0 Å². The minimum Gasteiger partial charge on any atom is -0.309 e. The first-order valence-corrected chi connectivity index (χ1v) is 22.0. The molecule has 0 N–H and O–H groups in total. The first-order chi connectivity index (χ1) is 32.2. The summed E-state index contributed by atoms with van der Waals surface area (Å²) < 4.78 is 19.4. The van der Waals surface area contributed by atoms with Crippen molar-refractivity contribution in [3.63, 3.8) is 0 Å². The number of nitrogens with zero attached hydrogens (tertiary/aromatic N) is 2. The molecule has 0 aliphatic heterocycles. The van der Waals surface area contributed by atoms with Gasteiger partial charge in [0.15, 0.2) is 0 Å². The first-order valence-electron chi connectivity index (χ1n) is 22.0. The van der Waals surface area contributed by atoms with E-state index in [1.54, 1.807) is 6.07 Å². The van der Waals surface area contributed by atoms with Crippen LogP contribution in [0.4, 0.5) is 21.5 Å². The largest absolute Gasteiger partial charge is 0.309 e. The van der Waals surface area contributed by atoms with Crippen molar-refractivity contribution in [2.45, 2.75) is 0 Å². The summed E-state index contributed by atoms with van der Waals surface area (Å²) in [5.74, 6) is -0.298. The Bertz CT molecular complexity index is 3450. The van der Waals surface area contributed by atoms with Gasteiger partial charge in [-0.2, -0.15) is 0 Å². The number of aromatic nitrogens is 1. The molecule has 0 radical (unpaired) electrons. The smallest absolute Gasteiger partial charge is 0.148 e. The number of para-hydroxylation sites is 1. The van der Waals surface area contributed by atoms with E-state index in [1.165, 1.54) is 27.3 Å². The maximum absolute atomic E-state index is 17.0. The molecule has 0 atom stereocenters. The highest BCUT2D eigenvalue weighted by Gasteiger charge is 2.24. The second-order valence-corrected chi connectivity index (χ2v) is 16.3. The normalized spacial score (nSPS) is 11.4. The van der Waals surface area contributed by atoms with Gasteiger partial charge < -0.3 is 9.47 Å². The lowest BCUT2D eigenvalue weighted by molar-refractivity contribution is 0.630. The highest BCUT2D eigenvalue weighted by Crippen LogP contribution is 2.46. The fourth-order valence-electron chi connectivity index (χ4n) is 9.13. The van der Waals surface area contributed by atoms with Crippen molar-refractivity contribution < 1.29 is 4.39 Å². The number of halogens is 1. The minimum absolute atomic E-state index is 0.298. The summed E-state index contributed by atoms with van der Waals surface area (Å²) in [5.41, 5.74) is 14.8. The fourth-order valence-corrected chi connectivity index (χ4v) is 9.13. The summed E-state index contributed by atoms with van der Waals surface area (Å²) in [5, 5.41) is 3.59. The molecular formula is C62H43FN2. The predicted molar refractivity (Wildman–Crippen MR) is 273 cm³/mol. The highest BCUT2D eigenvalue weighted by atomic mass is 19.1. The van der Waals surface area contributed by atoms with Gasteiger partial charge in [-0.05, 0) is 104 Å². The van der Waals surface area contributed by atoms with E-state index in [2.05, 4.69) is 168 Å². The zero-order valence-electron chi connectivity index (χ0n) is 35.6. The van der Waals surface area contributed by atoms with Gasteiger partial charge in [0.2, 0.25) is 0 Å². The molecule has 1 heterocycles. The van der Waals surface area contributed by atoms with Gasteiger partial charge in [-0.3, -0.25) is 0 Å². The van der Waals surface area contributed by atoms with Crippen molar-refractivity contribution in [3.05, 3.63) is 266 Å². The van der Waals surface area contributed by atoms with E-state index >= 15 is 4.39 Å². The molecule has 1 aromatic heterocycles. The SMILES string of the molecule is Fc1cc(-c2ccccc2)cc(-c2ccccc2)c1N(c1ccccc1)c1ccc(/C=C/c2ccc3c(-c4ccccc4)c(-c4ccccc4)n(-c4ccc5ccccc5c4)c3c2)cc1. The molecule has 0 saturated carbocycles. The van der Waals surface area contributed by atoms with E-state index in [1.807, 2.05) is 95.9 Å². The van der Waals surface area contributed by atoms with E-state index in [0.29, 0.717) is 5.69 Å². The standard InChI is InChI=1S/C62H43FN2/c63-58-43-52(46-18-6-1-7-19-46)42-57(48-21-8-2-9-22-48)62(58)64(53-28-14-5-15-29-53)54-36-32-44(33-37-54)30-31-45-34-39-56-59(40-45)65(55-38-35-47-20-16-17-27-51(47)41-55)61(50-25-12-4-13-26-50)60(56)49-23-10-3-11-24-49/h1-43H/b31-30+. The number of hydrogen-bond donors (Lipinski definition) is 0. The molecule has 0 amide bonds. The summed E-state index contributed by atoms with van der Waals surface area (Å²) in [6, 6.07) is 85.8. The topological polar surface area (TPSA) is 8.17 Å². The average Bonchev–Trinajstić information content (AvgIpc) is 3.72. The first kappa shape index (κ1) is 39.3. The molecule has 3 heteroatoms. The van der Waals surface area contributed by atoms with Crippen molar-refractivity contribution in [2.24, 2.45) is 0 Å². The average molecular weight is 835 g/mol. The summed E-state index contributed by atoms with van der Waals surface area (Å²) in [4.78, 5) is 2.03. The van der Waals surface area contributed by atoms with Gasteiger partial charge in [0.25, 0.3) is 0 Å². The van der Waals surface area contributed by atoms with Crippen molar-refractivity contribution in [3.8, 4) is 50.3 Å². The Labute approximate surface area is 379 Å². The van der Waals surface area contributed by atoms with Gasteiger partial charge in [-0.1, -0.05) is 206 Å². The minimum atomic E-state index is -0.298. The monoisotopic (exact) mass is 834 g/mol. The molecule has 0 spiro atoms. The van der Waals surface area contributed by atoms with Crippen LogP contribution < -0.4 is 4.90 Å². The summed E-state index contributed by atoms with van der Waals surface area (Å²) in [6.07, 6.45) is 4.34. The van der Waals surface area contributed by atoms with Crippen molar-refractivity contribution in [1.82, 2.24) is 4.57 Å². The van der Waals surface area contributed by atoms with E-state index in [0.717, 1.165) is 67.2 Å². The van der Waals surface area contributed by atoms with Gasteiger partial charge >= 0.3 is 0 Å². The van der Waals surface area contributed by atoms with Crippen LogP contribution in [0.5, 0.6) is 0 Å². The van der Waals surface area contributed by atoms with Crippen LogP contribution in [0.15, 0.2) is 249 Å². The second-order valence-electron chi connectivity index (χ2n) is 16.3. The van der Waals surface area contributed by atoms with Gasteiger partial charge in [0.05, 0.1) is 16.9 Å². The van der Waals surface area contributed by atoms with Crippen LogP contribution in [0.2, 0.25) is 0 Å². The summed E-state index contributed by atoms with van der Waals surface area (Å²) in [6.45, 7) is 0. The number of anilines is 3. The second kappa shape index (κ2) is 17.3. The third-order valence-corrected chi connectivity index (χ3v) is 12.2. The van der Waals surface area contributed by atoms with Gasteiger partial charge in [0, 0.05) is 33.6 Å². The maximum atomic E-state index is 17.0. The molecule has 0 fully saturated rings. The Hall–Kier alpha value is -8.53. The van der Waals surface area contributed by atoms with Gasteiger partial charge in [-0.25, -0.2) is 4.39 Å². The molecule has 0 saturated heterocycles. The number of fused-ring (bicyclic) bond motifs is 2. The lowest BCUT2D eigenvalue weighted by atomic mass is 9.95. The molecular weight excluding hydrogens is 792 g/mol. The van der Waals surface area contributed by atoms with Crippen LogP contribution in [0.1, 0.15) is 11.1 Å². The molecule has 10 aromatic carbocycles. The predicted octanol–water partition coefficient (Wildman–Crippen LogP) is 17.2. The van der Waals surface area contributed by atoms with E-state index in [4.69, 9.17) is 0 Å². The van der Waals surface area contributed by atoms with E-state index in [9.17, 15) is 0 Å². The Morgan fingerprint density at radius 3 is 1.60 bits per heavy atom. The van der Waals surface area contributed by atoms with E-state index < -0.39 is 0 Å². The zero-order chi connectivity index (χ0) is 43.5. The number of benzene rings is 10. The summed E-state index contributed by atoms with van der Waals surface area (Å²) in [7, 11) is 0. The molecule has 65 heavy (non-hydrogen) atoms. The lowest BCUT2D eigenvalue weighted by Crippen LogP contribution is -2.13. The summed E-state index contributed by atoms with van der Waals surface area (Å²) >= 11 is 0. The van der Waals surface area contributed by atoms with Crippen LogP contribution >= 0.6 is 0 Å². The third-order valence-electron chi connectivity index (χ3n) is 12.2. The molecule has 0 unspecified atom stereocenters. The van der Waals surface area contributed by atoms with Gasteiger partial charge in [0.1, 0.15) is 5.82 Å². The molecule has 0 bridgehead atoms. The Morgan fingerprint density at radius 1 is 0.385 bits per heavy atom. The molecule has 0 aliphatic carbocycles. The van der Waals surface area contributed by atoms with Crippen molar-refractivity contribution in [2.75, 3.05) is 4.90 Å². The highest BCUT2D eigenvalue weighted by molar-refractivity contribution is 6.07. The van der Waals surface area contributed by atoms with Crippen LogP contribution in [0, 0.1) is 5.82 Å². The lowest BCUT2D eigenvalue weighted by Gasteiger charge is -2.29. The Balaban J connectivity index is 1.01. The van der Waals surface area contributed by atoms with E-state index in [-0.39, 0.29) is 5.82 Å². The van der Waals surface area contributed by atoms with Crippen LogP contribution in [-0.4, -0.2) is 4.57 Å². The molecule has 11 rings (SSSR count). The van der Waals surface area contributed by atoms with Crippen molar-refractivity contribution >= 4 is 50.9 Å². The Kier molecular flexibility index (Phi) is 10.5. The quantitative estimate of drug-likeness (QED) is 0.125. The zero-order valence-corrected chi connectivity index (χ0v) is 35.6. The molecule has 2 nitrogen and oxygen atoms in total. The molecule has 0 aliphatic rings. The third kappa shape index (κ3) is 7.70. The van der Waals surface area contributed by atoms with Crippen LogP contribution in [-0.2, 0) is 0 Å². The Morgan fingerprint density at radius 2 is 0.923 bits per heavy atom. The van der Waals surface area contributed by atoms with Crippen LogP contribution in [0.25, 0.3) is 84.2 Å².